The molecular weight excluding hydrogens is 322 g/mol. The van der Waals surface area contributed by atoms with E-state index in [1.807, 2.05) is 6.07 Å². The number of carbonyl (C=O) groups is 1. The van der Waals surface area contributed by atoms with Crippen LogP contribution in [0.1, 0.15) is 38.2 Å². The number of amides is 1. The summed E-state index contributed by atoms with van der Waals surface area (Å²) >= 11 is 6.15. The van der Waals surface area contributed by atoms with E-state index in [1.54, 1.807) is 0 Å². The predicted molar refractivity (Wildman–Crippen MR) is 99.0 cm³/mol. The molecule has 4 nitrogen and oxygen atoms in total. The lowest BCUT2D eigenvalue weighted by molar-refractivity contribution is -0.914. The first-order chi connectivity index (χ1) is 11.5. The van der Waals surface area contributed by atoms with Gasteiger partial charge in [0.15, 0.2) is 6.04 Å². The summed E-state index contributed by atoms with van der Waals surface area (Å²) < 4.78 is 0. The average molecular weight is 351 g/mol. The average Bonchev–Trinajstić information content (AvgIpc) is 3.09. The number of anilines is 1. The van der Waals surface area contributed by atoms with Crippen LogP contribution in [0.3, 0.4) is 0 Å². The van der Waals surface area contributed by atoms with Crippen LogP contribution in [0.2, 0.25) is 5.02 Å². The van der Waals surface area contributed by atoms with Gasteiger partial charge < -0.3 is 15.1 Å². The second kappa shape index (κ2) is 7.75. The molecule has 1 amide bonds. The van der Waals surface area contributed by atoms with E-state index in [-0.39, 0.29) is 11.9 Å². The Bertz CT molecular complexity index is 578. The molecule has 0 radical (unpaired) electrons. The van der Waals surface area contributed by atoms with Crippen LogP contribution in [0.4, 0.5) is 5.69 Å². The van der Waals surface area contributed by atoms with Crippen LogP contribution < -0.4 is 15.1 Å². The maximum Gasteiger partial charge on any atom is 0.278 e. The smallest absolute Gasteiger partial charge is 0.278 e. The van der Waals surface area contributed by atoms with Crippen molar-refractivity contribution in [3.63, 3.8) is 0 Å². The van der Waals surface area contributed by atoms with E-state index >= 15 is 0 Å². The normalized spacial score (nSPS) is 21.0. The molecule has 1 aromatic carbocycles. The van der Waals surface area contributed by atoms with Gasteiger partial charge in [-0.2, -0.15) is 0 Å². The zero-order valence-electron chi connectivity index (χ0n) is 14.8. The fourth-order valence-electron chi connectivity index (χ4n) is 3.97. The fourth-order valence-corrected chi connectivity index (χ4v) is 4.14. The van der Waals surface area contributed by atoms with E-state index in [9.17, 15) is 4.79 Å². The van der Waals surface area contributed by atoms with Crippen molar-refractivity contribution in [3.8, 4) is 0 Å². The molecule has 1 aliphatic heterocycles. The first-order valence-electron chi connectivity index (χ1n) is 9.20. The lowest BCUT2D eigenvalue weighted by Gasteiger charge is -2.36. The van der Waals surface area contributed by atoms with Gasteiger partial charge in [-0.15, -0.1) is 0 Å². The summed E-state index contributed by atoms with van der Waals surface area (Å²) in [7, 11) is 0. The predicted octanol–water partition coefficient (Wildman–Crippen LogP) is 1.80. The lowest BCUT2D eigenvalue weighted by atomic mass is 10.1. The van der Waals surface area contributed by atoms with E-state index < -0.39 is 0 Å². The van der Waals surface area contributed by atoms with Crippen molar-refractivity contribution in [1.82, 2.24) is 5.32 Å². The maximum atomic E-state index is 12.5. The van der Waals surface area contributed by atoms with Gasteiger partial charge in [-0.3, -0.25) is 4.79 Å². The molecule has 1 aromatic rings. The molecule has 0 unspecified atom stereocenters. The number of carbonyl (C=O) groups excluding carboxylic acids is 1. The molecule has 132 valence electrons. The van der Waals surface area contributed by atoms with Crippen molar-refractivity contribution in [2.75, 3.05) is 31.1 Å². The van der Waals surface area contributed by atoms with Crippen molar-refractivity contribution >= 4 is 23.2 Å². The lowest BCUT2D eigenvalue weighted by Crippen LogP contribution is -3.19. The SMILES string of the molecule is Cc1ccc(Cl)cc1N1CC[NH+]([C@H](C)C(=O)NC2CCCC2)CC1. The largest absolute Gasteiger partial charge is 0.360 e. The van der Waals surface area contributed by atoms with Gasteiger partial charge in [0.1, 0.15) is 0 Å². The Hall–Kier alpha value is -1.26. The molecular formula is C19H29ClN3O+. The van der Waals surface area contributed by atoms with Crippen molar-refractivity contribution in [2.24, 2.45) is 0 Å². The van der Waals surface area contributed by atoms with Gasteiger partial charge in [0, 0.05) is 16.8 Å². The van der Waals surface area contributed by atoms with Gasteiger partial charge in [-0.1, -0.05) is 30.5 Å². The molecule has 2 aliphatic rings. The first kappa shape index (κ1) is 17.6. The number of hydrogen-bond donors (Lipinski definition) is 2. The fraction of sp³-hybridized carbons (Fsp3) is 0.632. The number of aryl methyl sites for hydroxylation is 1. The number of piperazine rings is 1. The van der Waals surface area contributed by atoms with Crippen LogP contribution in [0, 0.1) is 6.92 Å². The number of hydrogen-bond acceptors (Lipinski definition) is 2. The van der Waals surface area contributed by atoms with Crippen molar-refractivity contribution in [1.29, 1.82) is 0 Å². The summed E-state index contributed by atoms with van der Waals surface area (Å²) in [6.45, 7) is 8.12. The van der Waals surface area contributed by atoms with Gasteiger partial charge in [0.25, 0.3) is 5.91 Å². The zero-order chi connectivity index (χ0) is 17.1. The van der Waals surface area contributed by atoms with Crippen molar-refractivity contribution < 1.29 is 9.69 Å². The number of rotatable bonds is 4. The molecule has 24 heavy (non-hydrogen) atoms. The first-order valence-corrected chi connectivity index (χ1v) is 9.58. The summed E-state index contributed by atoms with van der Waals surface area (Å²) in [6, 6.07) is 6.52. The minimum atomic E-state index is 0.0354. The van der Waals surface area contributed by atoms with Gasteiger partial charge in [-0.05, 0) is 44.4 Å². The van der Waals surface area contributed by atoms with E-state index in [4.69, 9.17) is 11.6 Å². The zero-order valence-corrected chi connectivity index (χ0v) is 15.5. The monoisotopic (exact) mass is 350 g/mol. The number of nitrogens with one attached hydrogen (secondary N) is 2. The Morgan fingerprint density at radius 1 is 1.29 bits per heavy atom. The third-order valence-electron chi connectivity index (χ3n) is 5.62. The second-order valence-corrected chi connectivity index (χ2v) is 7.72. The molecule has 1 saturated carbocycles. The maximum absolute atomic E-state index is 12.5. The Balaban J connectivity index is 1.54. The molecule has 1 atom stereocenters. The van der Waals surface area contributed by atoms with Crippen LogP contribution >= 0.6 is 11.6 Å². The highest BCUT2D eigenvalue weighted by atomic mass is 35.5. The molecule has 0 spiro atoms. The van der Waals surface area contributed by atoms with Crippen LogP contribution in [0.15, 0.2) is 18.2 Å². The molecule has 3 rings (SSSR count). The van der Waals surface area contributed by atoms with Gasteiger partial charge in [-0.25, -0.2) is 0 Å². The molecule has 2 N–H and O–H groups in total. The Morgan fingerprint density at radius 2 is 1.96 bits per heavy atom. The second-order valence-electron chi connectivity index (χ2n) is 7.29. The van der Waals surface area contributed by atoms with Crippen LogP contribution in [-0.4, -0.2) is 44.2 Å². The van der Waals surface area contributed by atoms with Gasteiger partial charge in [0.2, 0.25) is 0 Å². The van der Waals surface area contributed by atoms with E-state index in [1.165, 1.54) is 29.0 Å². The van der Waals surface area contributed by atoms with E-state index in [0.717, 1.165) is 44.0 Å². The Labute approximate surface area is 150 Å². The van der Waals surface area contributed by atoms with Crippen molar-refractivity contribution in [3.05, 3.63) is 28.8 Å². The Kier molecular flexibility index (Phi) is 5.67. The van der Waals surface area contributed by atoms with Crippen LogP contribution in [0.5, 0.6) is 0 Å². The topological polar surface area (TPSA) is 36.8 Å². The number of nitrogens with zero attached hydrogens (tertiary/aromatic N) is 1. The molecule has 1 heterocycles. The molecule has 5 heteroatoms. The number of benzene rings is 1. The molecule has 0 bridgehead atoms. The third-order valence-corrected chi connectivity index (χ3v) is 5.86. The highest BCUT2D eigenvalue weighted by Crippen LogP contribution is 2.24. The highest BCUT2D eigenvalue weighted by Gasteiger charge is 2.31. The quantitative estimate of drug-likeness (QED) is 0.868. The molecule has 0 aromatic heterocycles. The summed E-state index contributed by atoms with van der Waals surface area (Å²) in [5, 5.41) is 4.03. The van der Waals surface area contributed by atoms with Gasteiger partial charge in [0.05, 0.1) is 26.2 Å². The van der Waals surface area contributed by atoms with E-state index in [2.05, 4.69) is 36.2 Å². The summed E-state index contributed by atoms with van der Waals surface area (Å²) in [6.07, 6.45) is 4.80. The standard InChI is InChI=1S/C19H28ClN3O/c1-14-7-8-16(20)13-18(14)23-11-9-22(10-12-23)15(2)19(24)21-17-5-3-4-6-17/h7-8,13,15,17H,3-6,9-12H2,1-2H3,(H,21,24)/p+1/t15-/m1/s1. The summed E-state index contributed by atoms with van der Waals surface area (Å²) in [5.41, 5.74) is 2.49. The third kappa shape index (κ3) is 4.04. The molecule has 1 aliphatic carbocycles. The summed E-state index contributed by atoms with van der Waals surface area (Å²) in [4.78, 5) is 16.3. The Morgan fingerprint density at radius 3 is 2.62 bits per heavy atom. The van der Waals surface area contributed by atoms with E-state index in [0.29, 0.717) is 6.04 Å². The van der Waals surface area contributed by atoms with Crippen LogP contribution in [-0.2, 0) is 4.79 Å². The van der Waals surface area contributed by atoms with Gasteiger partial charge >= 0.3 is 0 Å². The number of quaternary nitrogens is 1. The summed E-state index contributed by atoms with van der Waals surface area (Å²) in [5.74, 6) is 0.226. The molecule has 1 saturated heterocycles. The molecule has 2 fully saturated rings. The minimum absolute atomic E-state index is 0.0354. The highest BCUT2D eigenvalue weighted by molar-refractivity contribution is 6.30. The number of halogens is 1. The van der Waals surface area contributed by atoms with Crippen molar-refractivity contribution in [2.45, 2.75) is 51.6 Å². The van der Waals surface area contributed by atoms with Crippen LogP contribution in [0.25, 0.3) is 0 Å². The minimum Gasteiger partial charge on any atom is -0.360 e.